The molecule has 0 saturated heterocycles. The maximum absolute atomic E-state index is 10.5. The van der Waals surface area contributed by atoms with Crippen LogP contribution in [0.2, 0.25) is 5.02 Å². The highest BCUT2D eigenvalue weighted by Gasteiger charge is 2.19. The molecule has 0 saturated carbocycles. The van der Waals surface area contributed by atoms with Gasteiger partial charge in [0.05, 0.1) is 6.10 Å². The summed E-state index contributed by atoms with van der Waals surface area (Å²) in [5, 5.41) is 11.2. The first kappa shape index (κ1) is 16.0. The fourth-order valence-electron chi connectivity index (χ4n) is 2.62. The summed E-state index contributed by atoms with van der Waals surface area (Å²) in [7, 11) is 0. The van der Waals surface area contributed by atoms with E-state index in [4.69, 9.17) is 17.3 Å². The number of benzene rings is 2. The molecule has 21 heavy (non-hydrogen) atoms. The second kappa shape index (κ2) is 7.60. The van der Waals surface area contributed by atoms with Crippen LogP contribution in [0.5, 0.6) is 0 Å². The van der Waals surface area contributed by atoms with E-state index in [9.17, 15) is 5.11 Å². The van der Waals surface area contributed by atoms with Gasteiger partial charge in [-0.3, -0.25) is 0 Å². The van der Waals surface area contributed by atoms with E-state index in [1.54, 1.807) is 0 Å². The van der Waals surface area contributed by atoms with Gasteiger partial charge >= 0.3 is 0 Å². The highest BCUT2D eigenvalue weighted by Crippen LogP contribution is 2.24. The van der Waals surface area contributed by atoms with E-state index in [0.29, 0.717) is 18.0 Å². The van der Waals surface area contributed by atoms with E-state index in [1.165, 1.54) is 11.1 Å². The first-order valence-corrected chi connectivity index (χ1v) is 7.67. The van der Waals surface area contributed by atoms with Gasteiger partial charge in [-0.25, -0.2) is 0 Å². The third-order valence-electron chi connectivity index (χ3n) is 3.99. The molecule has 0 spiro atoms. The van der Waals surface area contributed by atoms with Gasteiger partial charge in [-0.05, 0) is 48.6 Å². The predicted molar refractivity (Wildman–Crippen MR) is 88.8 cm³/mol. The lowest BCUT2D eigenvalue weighted by Gasteiger charge is -2.22. The number of nitrogens with two attached hydrogens (primary N) is 1. The minimum Gasteiger partial charge on any atom is -0.392 e. The van der Waals surface area contributed by atoms with Crippen LogP contribution in [0.25, 0.3) is 0 Å². The molecular weight excluding hydrogens is 282 g/mol. The number of hydrogen-bond donors (Lipinski definition) is 2. The van der Waals surface area contributed by atoms with Crippen LogP contribution in [0.4, 0.5) is 0 Å². The molecule has 0 heterocycles. The zero-order valence-corrected chi connectivity index (χ0v) is 13.1. The van der Waals surface area contributed by atoms with Crippen LogP contribution in [0.1, 0.15) is 29.0 Å². The maximum Gasteiger partial charge on any atom is 0.0624 e. The first-order chi connectivity index (χ1) is 10.1. The van der Waals surface area contributed by atoms with Crippen LogP contribution in [-0.4, -0.2) is 17.8 Å². The standard InChI is InChI=1S/C18H22ClNO/c1-13-4-2-3-5-14(13)8-11-18(21)17(12-20)15-6-9-16(19)10-7-15/h2-7,9-10,17-18,21H,8,11-12,20H2,1H3. The molecule has 3 heteroatoms. The molecule has 0 aliphatic rings. The molecule has 112 valence electrons. The predicted octanol–water partition coefficient (Wildman–Crippen LogP) is 3.68. The van der Waals surface area contributed by atoms with Gasteiger partial charge in [0, 0.05) is 17.5 Å². The van der Waals surface area contributed by atoms with Gasteiger partial charge < -0.3 is 10.8 Å². The van der Waals surface area contributed by atoms with Crippen LogP contribution in [0.15, 0.2) is 48.5 Å². The number of halogens is 1. The summed E-state index contributed by atoms with van der Waals surface area (Å²) in [6.45, 7) is 2.53. The number of aliphatic hydroxyl groups is 1. The van der Waals surface area contributed by atoms with Crippen molar-refractivity contribution in [2.75, 3.05) is 6.54 Å². The Morgan fingerprint density at radius 3 is 2.38 bits per heavy atom. The molecule has 2 unspecified atom stereocenters. The van der Waals surface area contributed by atoms with Crippen molar-refractivity contribution in [3.63, 3.8) is 0 Å². The van der Waals surface area contributed by atoms with E-state index in [1.807, 2.05) is 36.4 Å². The van der Waals surface area contributed by atoms with Crippen molar-refractivity contribution >= 4 is 11.6 Å². The summed E-state index contributed by atoms with van der Waals surface area (Å²) in [4.78, 5) is 0. The Bertz CT molecular complexity index is 568. The van der Waals surface area contributed by atoms with Gasteiger partial charge in [-0.2, -0.15) is 0 Å². The molecule has 2 nitrogen and oxygen atoms in total. The number of aryl methyl sites for hydroxylation is 2. The summed E-state index contributed by atoms with van der Waals surface area (Å²) < 4.78 is 0. The lowest BCUT2D eigenvalue weighted by atomic mass is 9.89. The molecule has 0 aliphatic heterocycles. The first-order valence-electron chi connectivity index (χ1n) is 7.30. The molecule has 0 aliphatic carbocycles. The Labute approximate surface area is 131 Å². The molecule has 2 rings (SSSR count). The Hall–Kier alpha value is -1.35. The summed E-state index contributed by atoms with van der Waals surface area (Å²) in [6, 6.07) is 15.8. The summed E-state index contributed by atoms with van der Waals surface area (Å²) in [5.74, 6) is -0.0497. The van der Waals surface area contributed by atoms with Gasteiger partial charge in [0.25, 0.3) is 0 Å². The molecule has 2 aromatic rings. The van der Waals surface area contributed by atoms with Crippen molar-refractivity contribution in [1.82, 2.24) is 0 Å². The Balaban J connectivity index is 2.02. The Morgan fingerprint density at radius 1 is 1.10 bits per heavy atom. The van der Waals surface area contributed by atoms with Gasteiger partial charge in [-0.15, -0.1) is 0 Å². The lowest BCUT2D eigenvalue weighted by Crippen LogP contribution is -2.26. The van der Waals surface area contributed by atoms with Crippen molar-refractivity contribution in [3.8, 4) is 0 Å². The van der Waals surface area contributed by atoms with E-state index in [-0.39, 0.29) is 5.92 Å². The minimum atomic E-state index is -0.448. The quantitative estimate of drug-likeness (QED) is 0.855. The van der Waals surface area contributed by atoms with E-state index in [2.05, 4.69) is 19.1 Å². The van der Waals surface area contributed by atoms with Crippen molar-refractivity contribution in [1.29, 1.82) is 0 Å². The monoisotopic (exact) mass is 303 g/mol. The second-order valence-corrected chi connectivity index (χ2v) is 5.86. The average molecular weight is 304 g/mol. The Kier molecular flexibility index (Phi) is 5.80. The SMILES string of the molecule is Cc1ccccc1CCC(O)C(CN)c1ccc(Cl)cc1. The molecule has 2 aromatic carbocycles. The van der Waals surface area contributed by atoms with Crippen LogP contribution < -0.4 is 5.73 Å². The largest absolute Gasteiger partial charge is 0.392 e. The van der Waals surface area contributed by atoms with Crippen LogP contribution in [0, 0.1) is 6.92 Å². The summed E-state index contributed by atoms with van der Waals surface area (Å²) >= 11 is 5.90. The van der Waals surface area contributed by atoms with Crippen LogP contribution in [0.3, 0.4) is 0 Å². The van der Waals surface area contributed by atoms with Gasteiger partial charge in [0.1, 0.15) is 0 Å². The van der Waals surface area contributed by atoms with Crippen molar-refractivity contribution in [3.05, 3.63) is 70.2 Å². The molecule has 0 bridgehead atoms. The van der Waals surface area contributed by atoms with E-state index < -0.39 is 6.10 Å². The smallest absolute Gasteiger partial charge is 0.0624 e. The van der Waals surface area contributed by atoms with Crippen LogP contribution in [-0.2, 0) is 6.42 Å². The molecule has 0 aromatic heterocycles. The zero-order valence-electron chi connectivity index (χ0n) is 12.3. The number of rotatable bonds is 6. The molecular formula is C18H22ClNO. The van der Waals surface area contributed by atoms with Crippen molar-refractivity contribution in [2.45, 2.75) is 31.8 Å². The third kappa shape index (κ3) is 4.31. The number of hydrogen-bond acceptors (Lipinski definition) is 2. The van der Waals surface area contributed by atoms with Gasteiger partial charge in [0.2, 0.25) is 0 Å². The fraction of sp³-hybridized carbons (Fsp3) is 0.333. The molecule has 0 fully saturated rings. The van der Waals surface area contributed by atoms with E-state index >= 15 is 0 Å². The van der Waals surface area contributed by atoms with Gasteiger partial charge in [-0.1, -0.05) is 48.0 Å². The molecule has 0 amide bonds. The number of aliphatic hydroxyl groups excluding tert-OH is 1. The topological polar surface area (TPSA) is 46.2 Å². The van der Waals surface area contributed by atoms with Gasteiger partial charge in [0.15, 0.2) is 0 Å². The zero-order chi connectivity index (χ0) is 15.2. The molecule has 3 N–H and O–H groups in total. The maximum atomic E-state index is 10.5. The highest BCUT2D eigenvalue weighted by molar-refractivity contribution is 6.30. The lowest BCUT2D eigenvalue weighted by molar-refractivity contribution is 0.136. The normalized spacial score (nSPS) is 13.9. The third-order valence-corrected chi connectivity index (χ3v) is 4.24. The highest BCUT2D eigenvalue weighted by atomic mass is 35.5. The Morgan fingerprint density at radius 2 is 1.76 bits per heavy atom. The summed E-state index contributed by atoms with van der Waals surface area (Å²) in [5.41, 5.74) is 9.44. The second-order valence-electron chi connectivity index (χ2n) is 5.43. The fourth-order valence-corrected chi connectivity index (χ4v) is 2.75. The average Bonchev–Trinajstić information content (AvgIpc) is 2.49. The van der Waals surface area contributed by atoms with Crippen molar-refractivity contribution in [2.24, 2.45) is 5.73 Å². The molecule has 0 radical (unpaired) electrons. The molecule has 2 atom stereocenters. The minimum absolute atomic E-state index is 0.0497. The van der Waals surface area contributed by atoms with Crippen molar-refractivity contribution < 1.29 is 5.11 Å². The van der Waals surface area contributed by atoms with Crippen LogP contribution >= 0.6 is 11.6 Å². The summed E-state index contributed by atoms with van der Waals surface area (Å²) in [6.07, 6.45) is 1.11. The van der Waals surface area contributed by atoms with E-state index in [0.717, 1.165) is 12.0 Å².